The number of hydrogen-bond acceptors (Lipinski definition) is 3. The van der Waals surface area contributed by atoms with E-state index >= 15 is 0 Å². The fourth-order valence-corrected chi connectivity index (χ4v) is 5.38. The topological polar surface area (TPSA) is 64.3 Å². The maximum absolute atomic E-state index is 14.6. The molecule has 1 aromatic heterocycles. The number of halogens is 4. The second-order valence-electron chi connectivity index (χ2n) is 9.36. The van der Waals surface area contributed by atoms with E-state index in [1.54, 1.807) is 12.1 Å². The van der Waals surface area contributed by atoms with E-state index in [0.717, 1.165) is 43.4 Å². The zero-order valence-electron chi connectivity index (χ0n) is 19.9. The van der Waals surface area contributed by atoms with Crippen molar-refractivity contribution in [3.8, 4) is 17.1 Å². The highest BCUT2D eigenvalue weighted by atomic mass is 35.5. The molecule has 0 saturated heterocycles. The van der Waals surface area contributed by atoms with E-state index in [1.807, 2.05) is 23.6 Å². The van der Waals surface area contributed by atoms with Crippen molar-refractivity contribution in [2.45, 2.75) is 44.8 Å². The lowest BCUT2D eigenvalue weighted by Gasteiger charge is -2.37. The van der Waals surface area contributed by atoms with Crippen LogP contribution in [0.1, 0.15) is 49.0 Å². The Labute approximate surface area is 216 Å². The molecule has 1 saturated carbocycles. The van der Waals surface area contributed by atoms with E-state index < -0.39 is 29.5 Å². The number of ether oxygens (including phenoxy) is 1. The number of carbonyl (C=O) groups is 1. The quantitative estimate of drug-likeness (QED) is 0.279. The van der Waals surface area contributed by atoms with E-state index in [0.29, 0.717) is 21.9 Å². The van der Waals surface area contributed by atoms with Crippen molar-refractivity contribution < 1.29 is 27.8 Å². The molecule has 1 aliphatic rings. The van der Waals surface area contributed by atoms with E-state index in [1.165, 1.54) is 18.2 Å². The van der Waals surface area contributed by atoms with E-state index in [-0.39, 0.29) is 23.3 Å². The van der Waals surface area contributed by atoms with Crippen molar-refractivity contribution in [1.82, 2.24) is 9.55 Å². The Kier molecular flexibility index (Phi) is 6.86. The first kappa shape index (κ1) is 25.1. The maximum atomic E-state index is 14.6. The first-order valence-electron chi connectivity index (χ1n) is 12.1. The average molecular weight is 529 g/mol. The second kappa shape index (κ2) is 10.1. The average Bonchev–Trinajstić information content (AvgIpc) is 3.23. The molecule has 37 heavy (non-hydrogen) atoms. The number of nitrogens with zero attached hydrogens (tertiary/aromatic N) is 2. The summed E-state index contributed by atoms with van der Waals surface area (Å²) in [6, 6.07) is 12.7. The van der Waals surface area contributed by atoms with Gasteiger partial charge in [0.15, 0.2) is 23.2 Å². The molecule has 0 bridgehead atoms. The van der Waals surface area contributed by atoms with Gasteiger partial charge < -0.3 is 14.4 Å². The minimum absolute atomic E-state index is 0.0386. The predicted molar refractivity (Wildman–Crippen MR) is 135 cm³/mol. The minimum atomic E-state index is -1.23. The Balaban J connectivity index is 1.57. The van der Waals surface area contributed by atoms with Crippen molar-refractivity contribution >= 4 is 28.6 Å². The van der Waals surface area contributed by atoms with Crippen LogP contribution in [0.4, 0.5) is 13.2 Å². The summed E-state index contributed by atoms with van der Waals surface area (Å²) in [6.07, 6.45) is 2.89. The molecule has 4 aromatic rings. The third kappa shape index (κ3) is 4.90. The van der Waals surface area contributed by atoms with Crippen LogP contribution in [0.3, 0.4) is 0 Å². The largest absolute Gasteiger partial charge is 0.487 e. The molecule has 3 atom stereocenters. The van der Waals surface area contributed by atoms with Gasteiger partial charge in [0.1, 0.15) is 11.9 Å². The summed E-state index contributed by atoms with van der Waals surface area (Å²) in [7, 11) is 0. The molecule has 1 heterocycles. The molecule has 5 nitrogen and oxygen atoms in total. The lowest BCUT2D eigenvalue weighted by Crippen LogP contribution is -2.34. The van der Waals surface area contributed by atoms with Crippen LogP contribution in [0.15, 0.2) is 54.6 Å². The number of hydrogen-bond donors (Lipinski definition) is 1. The highest BCUT2D eigenvalue weighted by Crippen LogP contribution is 2.42. The minimum Gasteiger partial charge on any atom is -0.487 e. The molecule has 192 valence electrons. The van der Waals surface area contributed by atoms with Crippen LogP contribution in [-0.4, -0.2) is 26.7 Å². The maximum Gasteiger partial charge on any atom is 0.335 e. The fraction of sp³-hybridized carbons (Fsp3) is 0.286. The highest BCUT2D eigenvalue weighted by molar-refractivity contribution is 6.30. The summed E-state index contributed by atoms with van der Waals surface area (Å²) < 4.78 is 51.1. The van der Waals surface area contributed by atoms with Gasteiger partial charge in [-0.3, -0.25) is 0 Å². The SMILES string of the molecule is CC(Oc1ccc(C(=O)O)cc1F)C1CCCCC1n1c(-c2ccc(Cl)cc2)nc2cc(F)c(F)cc21. The predicted octanol–water partition coefficient (Wildman–Crippen LogP) is 7.67. The Hall–Kier alpha value is -3.52. The lowest BCUT2D eigenvalue weighted by atomic mass is 9.80. The van der Waals surface area contributed by atoms with E-state index in [9.17, 15) is 18.0 Å². The van der Waals surface area contributed by atoms with Crippen molar-refractivity contribution in [1.29, 1.82) is 0 Å². The molecule has 3 aromatic carbocycles. The summed E-state index contributed by atoms with van der Waals surface area (Å²) >= 11 is 6.08. The number of benzene rings is 3. The van der Waals surface area contributed by atoms with Gasteiger partial charge in [0, 0.05) is 34.7 Å². The van der Waals surface area contributed by atoms with Crippen LogP contribution in [0.5, 0.6) is 5.75 Å². The highest BCUT2D eigenvalue weighted by Gasteiger charge is 2.35. The summed E-state index contributed by atoms with van der Waals surface area (Å²) in [5.41, 5.74) is 1.37. The molecule has 1 N–H and O–H groups in total. The van der Waals surface area contributed by atoms with Gasteiger partial charge in [-0.05, 0) is 62.2 Å². The van der Waals surface area contributed by atoms with Crippen LogP contribution in [-0.2, 0) is 0 Å². The van der Waals surface area contributed by atoms with Crippen LogP contribution in [0, 0.1) is 23.4 Å². The molecule has 1 fully saturated rings. The number of fused-ring (bicyclic) bond motifs is 1. The van der Waals surface area contributed by atoms with Gasteiger partial charge in [-0.15, -0.1) is 0 Å². The number of imidazole rings is 1. The van der Waals surface area contributed by atoms with Crippen molar-refractivity contribution in [3.05, 3.63) is 82.6 Å². The van der Waals surface area contributed by atoms with Gasteiger partial charge in [-0.25, -0.2) is 22.9 Å². The zero-order valence-corrected chi connectivity index (χ0v) is 20.7. The summed E-state index contributed by atoms with van der Waals surface area (Å²) in [6.45, 7) is 1.84. The molecule has 0 amide bonds. The van der Waals surface area contributed by atoms with Gasteiger partial charge in [0.25, 0.3) is 0 Å². The second-order valence-corrected chi connectivity index (χ2v) is 9.79. The molecule has 1 aliphatic carbocycles. The molecule has 9 heteroatoms. The van der Waals surface area contributed by atoms with Gasteiger partial charge in [-0.1, -0.05) is 24.4 Å². The van der Waals surface area contributed by atoms with E-state index in [4.69, 9.17) is 21.4 Å². The van der Waals surface area contributed by atoms with E-state index in [2.05, 4.69) is 4.98 Å². The number of aromatic carboxylic acids is 1. The lowest BCUT2D eigenvalue weighted by molar-refractivity contribution is 0.0695. The Morgan fingerprint density at radius 3 is 2.43 bits per heavy atom. The van der Waals surface area contributed by atoms with Crippen molar-refractivity contribution in [2.75, 3.05) is 0 Å². The van der Waals surface area contributed by atoms with Crippen LogP contribution >= 0.6 is 11.6 Å². The van der Waals surface area contributed by atoms with Gasteiger partial charge in [0.05, 0.1) is 16.6 Å². The number of carboxylic acids is 1. The number of aromatic nitrogens is 2. The third-order valence-electron chi connectivity index (χ3n) is 7.04. The van der Waals surface area contributed by atoms with Crippen LogP contribution < -0.4 is 4.74 Å². The molecule has 0 radical (unpaired) electrons. The van der Waals surface area contributed by atoms with Crippen LogP contribution in [0.25, 0.3) is 22.4 Å². The third-order valence-corrected chi connectivity index (χ3v) is 7.29. The van der Waals surface area contributed by atoms with Crippen LogP contribution in [0.2, 0.25) is 5.02 Å². The van der Waals surface area contributed by atoms with Gasteiger partial charge in [0.2, 0.25) is 0 Å². The Bertz CT molecular complexity index is 1470. The van der Waals surface area contributed by atoms with Gasteiger partial charge >= 0.3 is 5.97 Å². The number of carboxylic acid groups (broad SMARTS) is 1. The first-order chi connectivity index (χ1) is 17.7. The summed E-state index contributed by atoms with van der Waals surface area (Å²) in [5, 5.41) is 9.66. The Morgan fingerprint density at radius 1 is 1.03 bits per heavy atom. The monoisotopic (exact) mass is 528 g/mol. The van der Waals surface area contributed by atoms with Gasteiger partial charge in [-0.2, -0.15) is 0 Å². The fourth-order valence-electron chi connectivity index (χ4n) is 5.25. The molecule has 3 unspecified atom stereocenters. The summed E-state index contributed by atoms with van der Waals surface area (Å²) in [5.74, 6) is -3.52. The molecular formula is C28H24ClF3N2O3. The molecular weight excluding hydrogens is 505 g/mol. The Morgan fingerprint density at radius 2 is 1.73 bits per heavy atom. The standard InChI is InChI=1S/C28H24ClF3N2O3/c1-15(37-26-11-8-17(28(35)36)12-22(26)32)19-4-2-3-5-24(19)34-25-14-21(31)20(30)13-23(25)33-27(34)16-6-9-18(29)10-7-16/h6-15,19,24H,2-5H2,1H3,(H,35,36). The van der Waals surface area contributed by atoms with Crippen molar-refractivity contribution in [3.63, 3.8) is 0 Å². The first-order valence-corrected chi connectivity index (χ1v) is 12.4. The summed E-state index contributed by atoms with van der Waals surface area (Å²) in [4.78, 5) is 15.8. The smallest absolute Gasteiger partial charge is 0.335 e. The zero-order chi connectivity index (χ0) is 26.3. The number of rotatable bonds is 6. The normalized spacial score (nSPS) is 18.6. The van der Waals surface area contributed by atoms with Crippen molar-refractivity contribution in [2.24, 2.45) is 5.92 Å². The molecule has 0 aliphatic heterocycles. The molecule has 0 spiro atoms. The molecule has 5 rings (SSSR count).